The van der Waals surface area contributed by atoms with E-state index in [1.54, 1.807) is 12.1 Å². The van der Waals surface area contributed by atoms with Crippen molar-refractivity contribution in [3.63, 3.8) is 0 Å². The van der Waals surface area contributed by atoms with Gasteiger partial charge in [0.05, 0.1) is 12.3 Å². The Hall–Kier alpha value is -1.75. The minimum absolute atomic E-state index is 0.00864. The molecular formula is C25H39ClO5. The molecule has 0 fully saturated rings. The summed E-state index contributed by atoms with van der Waals surface area (Å²) >= 11 is 6.10. The van der Waals surface area contributed by atoms with Crippen molar-refractivity contribution in [1.82, 2.24) is 0 Å². The standard InChI is InChI=1S/C25H39ClO5/c1-9-18(10-2)23(30-20-13-11-12-19(26)14-20)17(5)29-24(28)21(16(3)4)15-22(27)31-25(6,7)8/h11-14,16-18,21,23H,9-10,15H2,1-8H3/t17-,21-,23-/m0/s1. The summed E-state index contributed by atoms with van der Waals surface area (Å²) in [6.45, 7) is 15.3. The predicted molar refractivity (Wildman–Crippen MR) is 124 cm³/mol. The summed E-state index contributed by atoms with van der Waals surface area (Å²) in [5, 5.41) is 0.586. The molecule has 6 heteroatoms. The van der Waals surface area contributed by atoms with Gasteiger partial charge in [-0.3, -0.25) is 9.59 Å². The number of carbonyl (C=O) groups excluding carboxylic acids is 2. The Labute approximate surface area is 192 Å². The molecule has 5 nitrogen and oxygen atoms in total. The van der Waals surface area contributed by atoms with Crippen LogP contribution in [0.25, 0.3) is 0 Å². The van der Waals surface area contributed by atoms with Crippen LogP contribution in [0, 0.1) is 17.8 Å². The molecule has 0 radical (unpaired) electrons. The Bertz CT molecular complexity index is 706. The molecule has 0 aliphatic heterocycles. The number of carbonyl (C=O) groups is 2. The molecule has 176 valence electrons. The molecule has 0 amide bonds. The molecule has 3 atom stereocenters. The quantitative estimate of drug-likeness (QED) is 0.359. The van der Waals surface area contributed by atoms with Gasteiger partial charge in [-0.15, -0.1) is 0 Å². The van der Waals surface area contributed by atoms with E-state index in [-0.39, 0.29) is 24.4 Å². The zero-order valence-electron chi connectivity index (χ0n) is 20.2. The molecule has 0 aliphatic carbocycles. The van der Waals surface area contributed by atoms with Gasteiger partial charge in [-0.1, -0.05) is 45.4 Å². The number of rotatable bonds is 11. The fraction of sp³-hybridized carbons (Fsp3) is 0.680. The van der Waals surface area contributed by atoms with Gasteiger partial charge in [0.2, 0.25) is 0 Å². The van der Waals surface area contributed by atoms with Gasteiger partial charge in [-0.25, -0.2) is 0 Å². The number of hydrogen-bond donors (Lipinski definition) is 0. The van der Waals surface area contributed by atoms with Crippen molar-refractivity contribution in [3.05, 3.63) is 29.3 Å². The second-order valence-electron chi connectivity index (χ2n) is 9.40. The lowest BCUT2D eigenvalue weighted by atomic mass is 9.91. The third kappa shape index (κ3) is 9.51. The van der Waals surface area contributed by atoms with Crippen molar-refractivity contribution >= 4 is 23.5 Å². The summed E-state index contributed by atoms with van der Waals surface area (Å²) in [6, 6.07) is 7.21. The Balaban J connectivity index is 2.96. The van der Waals surface area contributed by atoms with Crippen LogP contribution in [0.4, 0.5) is 0 Å². The Morgan fingerprint density at radius 3 is 2.16 bits per heavy atom. The Kier molecular flexibility index (Phi) is 10.9. The minimum atomic E-state index is -0.596. The zero-order valence-corrected chi connectivity index (χ0v) is 21.0. The van der Waals surface area contributed by atoms with Crippen molar-refractivity contribution in [1.29, 1.82) is 0 Å². The van der Waals surface area contributed by atoms with Crippen molar-refractivity contribution in [3.8, 4) is 5.75 Å². The van der Waals surface area contributed by atoms with E-state index in [4.69, 9.17) is 25.8 Å². The Morgan fingerprint density at radius 1 is 1.06 bits per heavy atom. The molecule has 0 aromatic heterocycles. The summed E-state index contributed by atoms with van der Waals surface area (Å²) in [7, 11) is 0. The second kappa shape index (κ2) is 12.3. The summed E-state index contributed by atoms with van der Waals surface area (Å²) in [4.78, 5) is 25.3. The van der Waals surface area contributed by atoms with Crippen LogP contribution in [0.5, 0.6) is 5.75 Å². The molecule has 0 saturated carbocycles. The van der Waals surface area contributed by atoms with Gasteiger partial charge < -0.3 is 14.2 Å². The summed E-state index contributed by atoms with van der Waals surface area (Å²) in [6.07, 6.45) is 0.943. The van der Waals surface area contributed by atoms with E-state index in [0.717, 1.165) is 12.8 Å². The maximum Gasteiger partial charge on any atom is 0.310 e. The van der Waals surface area contributed by atoms with Crippen LogP contribution in [0.2, 0.25) is 5.02 Å². The van der Waals surface area contributed by atoms with Crippen LogP contribution in [0.15, 0.2) is 24.3 Å². The smallest absolute Gasteiger partial charge is 0.310 e. The summed E-state index contributed by atoms with van der Waals surface area (Å²) in [5.74, 6) is -0.605. The molecule has 0 heterocycles. The fourth-order valence-corrected chi connectivity index (χ4v) is 3.70. The molecule has 1 aromatic rings. The van der Waals surface area contributed by atoms with Gasteiger partial charge in [-0.2, -0.15) is 0 Å². The lowest BCUT2D eigenvalue weighted by Gasteiger charge is -2.32. The number of ether oxygens (including phenoxy) is 3. The Morgan fingerprint density at radius 2 is 1.68 bits per heavy atom. The molecule has 0 aliphatic rings. The fourth-order valence-electron chi connectivity index (χ4n) is 3.52. The molecule has 0 saturated heterocycles. The van der Waals surface area contributed by atoms with E-state index in [1.807, 2.05) is 53.7 Å². The van der Waals surface area contributed by atoms with Gasteiger partial charge in [-0.05, 0) is 70.6 Å². The first kappa shape index (κ1) is 27.3. The predicted octanol–water partition coefficient (Wildman–Crippen LogP) is 6.46. The highest BCUT2D eigenvalue weighted by molar-refractivity contribution is 6.30. The average molecular weight is 455 g/mol. The van der Waals surface area contributed by atoms with E-state index >= 15 is 0 Å². The number of halogens is 1. The first-order valence-corrected chi connectivity index (χ1v) is 11.6. The number of hydrogen-bond acceptors (Lipinski definition) is 5. The third-order valence-electron chi connectivity index (χ3n) is 5.26. The maximum absolute atomic E-state index is 13.0. The van der Waals surface area contributed by atoms with E-state index in [0.29, 0.717) is 10.8 Å². The summed E-state index contributed by atoms with van der Waals surface area (Å²) in [5.41, 5.74) is -0.596. The van der Waals surface area contributed by atoms with Crippen molar-refractivity contribution in [2.45, 2.75) is 92.5 Å². The van der Waals surface area contributed by atoms with Crippen LogP contribution in [-0.2, 0) is 19.1 Å². The first-order valence-electron chi connectivity index (χ1n) is 11.2. The van der Waals surface area contributed by atoms with Gasteiger partial charge in [0.1, 0.15) is 23.6 Å². The van der Waals surface area contributed by atoms with Gasteiger partial charge in [0.15, 0.2) is 0 Å². The topological polar surface area (TPSA) is 61.8 Å². The highest BCUT2D eigenvalue weighted by Crippen LogP contribution is 2.28. The lowest BCUT2D eigenvalue weighted by molar-refractivity contribution is -0.168. The third-order valence-corrected chi connectivity index (χ3v) is 5.50. The van der Waals surface area contributed by atoms with Crippen LogP contribution < -0.4 is 4.74 Å². The van der Waals surface area contributed by atoms with E-state index in [9.17, 15) is 9.59 Å². The van der Waals surface area contributed by atoms with E-state index < -0.39 is 29.6 Å². The van der Waals surface area contributed by atoms with Crippen LogP contribution in [0.1, 0.15) is 74.7 Å². The van der Waals surface area contributed by atoms with Crippen molar-refractivity contribution in [2.24, 2.45) is 17.8 Å². The molecule has 1 aromatic carbocycles. The average Bonchev–Trinajstić information content (AvgIpc) is 2.64. The highest BCUT2D eigenvalue weighted by atomic mass is 35.5. The maximum atomic E-state index is 13.0. The SMILES string of the molecule is CCC(CC)[C@@H](Oc1cccc(Cl)c1)[C@H](C)OC(=O)[C@@H](CC(=O)OC(C)(C)C)C(C)C. The second-order valence-corrected chi connectivity index (χ2v) is 9.84. The molecule has 0 bridgehead atoms. The van der Waals surface area contributed by atoms with Crippen molar-refractivity contribution in [2.75, 3.05) is 0 Å². The van der Waals surface area contributed by atoms with Crippen molar-refractivity contribution < 1.29 is 23.8 Å². The summed E-state index contributed by atoms with van der Waals surface area (Å²) < 4.78 is 17.5. The van der Waals surface area contributed by atoms with Crippen LogP contribution >= 0.6 is 11.6 Å². The lowest BCUT2D eigenvalue weighted by Crippen LogP contribution is -2.41. The molecular weight excluding hydrogens is 416 g/mol. The van der Waals surface area contributed by atoms with E-state index in [2.05, 4.69) is 13.8 Å². The molecule has 0 N–H and O–H groups in total. The van der Waals surface area contributed by atoms with Crippen LogP contribution in [-0.4, -0.2) is 29.7 Å². The number of esters is 2. The molecule has 31 heavy (non-hydrogen) atoms. The first-order chi connectivity index (χ1) is 14.4. The van der Waals surface area contributed by atoms with Gasteiger partial charge >= 0.3 is 11.9 Å². The monoisotopic (exact) mass is 454 g/mol. The minimum Gasteiger partial charge on any atom is -0.486 e. The van der Waals surface area contributed by atoms with Gasteiger partial charge in [0.25, 0.3) is 0 Å². The molecule has 0 unspecified atom stereocenters. The number of benzene rings is 1. The molecule has 0 spiro atoms. The van der Waals surface area contributed by atoms with Crippen LogP contribution in [0.3, 0.4) is 0 Å². The van der Waals surface area contributed by atoms with Gasteiger partial charge in [0, 0.05) is 5.02 Å². The normalized spacial score (nSPS) is 14.8. The molecule has 1 rings (SSSR count). The largest absolute Gasteiger partial charge is 0.486 e. The zero-order chi connectivity index (χ0) is 23.8. The van der Waals surface area contributed by atoms with E-state index in [1.165, 1.54) is 0 Å². The highest BCUT2D eigenvalue weighted by Gasteiger charge is 2.34.